The SMILES string of the molecule is O=C(O)C1CCC(CNS(=O)(=O)c2cncc(F)c2)CC1. The van der Waals surface area contributed by atoms with E-state index in [1.807, 2.05) is 0 Å². The third-order valence-corrected chi connectivity index (χ3v) is 5.14. The molecule has 0 saturated heterocycles. The second-order valence-corrected chi connectivity index (χ2v) is 7.01. The molecule has 0 atom stereocenters. The standard InChI is InChI=1S/C13H17FN2O4S/c14-11-5-12(8-15-7-11)21(19,20)16-6-9-1-3-10(4-2-9)13(17)18/h5,7-10,16H,1-4,6H2,(H,17,18). The maximum absolute atomic E-state index is 13.0. The fourth-order valence-corrected chi connectivity index (χ4v) is 3.55. The Labute approximate surface area is 122 Å². The summed E-state index contributed by atoms with van der Waals surface area (Å²) in [6.45, 7) is 0.227. The highest BCUT2D eigenvalue weighted by molar-refractivity contribution is 7.89. The number of hydrogen-bond acceptors (Lipinski definition) is 4. The van der Waals surface area contributed by atoms with E-state index in [1.54, 1.807) is 0 Å². The molecule has 1 aromatic heterocycles. The van der Waals surface area contributed by atoms with Crippen molar-refractivity contribution >= 4 is 16.0 Å². The zero-order chi connectivity index (χ0) is 15.5. The molecule has 0 bridgehead atoms. The number of hydrogen-bond donors (Lipinski definition) is 2. The molecule has 1 aromatic rings. The van der Waals surface area contributed by atoms with Crippen LogP contribution >= 0.6 is 0 Å². The van der Waals surface area contributed by atoms with Crippen LogP contribution in [0.4, 0.5) is 4.39 Å². The molecule has 1 fully saturated rings. The predicted molar refractivity (Wildman–Crippen MR) is 72.5 cm³/mol. The number of carboxylic acids is 1. The van der Waals surface area contributed by atoms with E-state index in [1.165, 1.54) is 0 Å². The minimum atomic E-state index is -3.78. The van der Waals surface area contributed by atoms with Crippen LogP contribution in [-0.4, -0.2) is 31.0 Å². The summed E-state index contributed by atoms with van der Waals surface area (Å²) in [6, 6.07) is 0.913. The summed E-state index contributed by atoms with van der Waals surface area (Å²) in [5, 5.41) is 8.90. The van der Waals surface area contributed by atoms with Crippen LogP contribution < -0.4 is 4.72 Å². The average molecular weight is 316 g/mol. The van der Waals surface area contributed by atoms with Gasteiger partial charge in [0.2, 0.25) is 10.0 Å². The normalized spacial score (nSPS) is 22.9. The highest BCUT2D eigenvalue weighted by atomic mass is 32.2. The molecule has 1 saturated carbocycles. The van der Waals surface area contributed by atoms with Crippen molar-refractivity contribution in [3.05, 3.63) is 24.3 Å². The molecule has 116 valence electrons. The van der Waals surface area contributed by atoms with Crippen LogP contribution in [0.25, 0.3) is 0 Å². The van der Waals surface area contributed by atoms with Crippen molar-refractivity contribution in [3.63, 3.8) is 0 Å². The molecular formula is C13H17FN2O4S. The Bertz CT molecular complexity index is 612. The quantitative estimate of drug-likeness (QED) is 0.855. The van der Waals surface area contributed by atoms with Crippen molar-refractivity contribution in [2.75, 3.05) is 6.54 Å². The zero-order valence-electron chi connectivity index (χ0n) is 11.3. The summed E-state index contributed by atoms with van der Waals surface area (Å²) in [5.74, 6) is -1.72. The molecule has 21 heavy (non-hydrogen) atoms. The van der Waals surface area contributed by atoms with E-state index >= 15 is 0 Å². The lowest BCUT2D eigenvalue weighted by atomic mass is 9.82. The van der Waals surface area contributed by atoms with Crippen molar-refractivity contribution in [1.29, 1.82) is 0 Å². The van der Waals surface area contributed by atoms with Crippen molar-refractivity contribution in [2.24, 2.45) is 11.8 Å². The molecule has 1 heterocycles. The third kappa shape index (κ3) is 4.21. The Kier molecular flexibility index (Phi) is 4.89. The van der Waals surface area contributed by atoms with Crippen molar-refractivity contribution < 1.29 is 22.7 Å². The van der Waals surface area contributed by atoms with Crippen LogP contribution in [0.1, 0.15) is 25.7 Å². The molecule has 6 nitrogen and oxygen atoms in total. The number of nitrogens with zero attached hydrogens (tertiary/aromatic N) is 1. The summed E-state index contributed by atoms with van der Waals surface area (Å²) in [5.41, 5.74) is 0. The Balaban J connectivity index is 1.90. The Morgan fingerprint density at radius 2 is 2.00 bits per heavy atom. The second kappa shape index (κ2) is 6.48. The van der Waals surface area contributed by atoms with E-state index < -0.39 is 21.8 Å². The lowest BCUT2D eigenvalue weighted by Gasteiger charge is -2.26. The van der Waals surface area contributed by atoms with Gasteiger partial charge in [0.05, 0.1) is 12.1 Å². The van der Waals surface area contributed by atoms with E-state index in [0.717, 1.165) is 18.5 Å². The van der Waals surface area contributed by atoms with Gasteiger partial charge in [-0.2, -0.15) is 0 Å². The molecular weight excluding hydrogens is 299 g/mol. The second-order valence-electron chi connectivity index (χ2n) is 5.25. The van der Waals surface area contributed by atoms with Gasteiger partial charge in [-0.15, -0.1) is 0 Å². The number of aliphatic carboxylic acids is 1. The fraction of sp³-hybridized carbons (Fsp3) is 0.538. The number of halogens is 1. The highest BCUT2D eigenvalue weighted by Crippen LogP contribution is 2.28. The summed E-state index contributed by atoms with van der Waals surface area (Å²) in [6.07, 6.45) is 4.48. The first-order valence-corrected chi connectivity index (χ1v) is 8.20. The fourth-order valence-electron chi connectivity index (χ4n) is 2.46. The minimum Gasteiger partial charge on any atom is -0.481 e. The van der Waals surface area contributed by atoms with Crippen LogP contribution in [0, 0.1) is 17.7 Å². The number of rotatable bonds is 5. The minimum absolute atomic E-state index is 0.108. The predicted octanol–water partition coefficient (Wildman–Crippen LogP) is 1.39. The number of aromatic nitrogens is 1. The van der Waals surface area contributed by atoms with E-state index in [2.05, 4.69) is 9.71 Å². The molecule has 0 amide bonds. The number of pyridine rings is 1. The molecule has 0 radical (unpaired) electrons. The Morgan fingerprint density at radius 3 is 2.57 bits per heavy atom. The van der Waals surface area contributed by atoms with Crippen molar-refractivity contribution in [2.45, 2.75) is 30.6 Å². The molecule has 2 N–H and O–H groups in total. The van der Waals surface area contributed by atoms with E-state index in [4.69, 9.17) is 5.11 Å². The van der Waals surface area contributed by atoms with Gasteiger partial charge in [-0.05, 0) is 37.7 Å². The van der Waals surface area contributed by atoms with Crippen LogP contribution in [0.5, 0.6) is 0 Å². The van der Waals surface area contributed by atoms with Crippen molar-refractivity contribution in [3.8, 4) is 0 Å². The molecule has 1 aliphatic rings. The van der Waals surface area contributed by atoms with Gasteiger partial charge < -0.3 is 5.11 Å². The molecule has 0 aliphatic heterocycles. The first-order valence-electron chi connectivity index (χ1n) is 6.71. The number of nitrogens with one attached hydrogen (secondary N) is 1. The maximum Gasteiger partial charge on any atom is 0.306 e. The number of carbonyl (C=O) groups is 1. The van der Waals surface area contributed by atoms with E-state index in [9.17, 15) is 17.6 Å². The Morgan fingerprint density at radius 1 is 1.33 bits per heavy atom. The highest BCUT2D eigenvalue weighted by Gasteiger charge is 2.27. The maximum atomic E-state index is 13.0. The molecule has 2 rings (SSSR count). The number of carboxylic acid groups (broad SMARTS) is 1. The molecule has 0 spiro atoms. The van der Waals surface area contributed by atoms with Gasteiger partial charge in [0.15, 0.2) is 0 Å². The molecule has 0 unspecified atom stereocenters. The number of sulfonamides is 1. The van der Waals surface area contributed by atoms with Gasteiger partial charge in [0.25, 0.3) is 0 Å². The lowest BCUT2D eigenvalue weighted by molar-refractivity contribution is -0.143. The van der Waals surface area contributed by atoms with Gasteiger partial charge in [-0.1, -0.05) is 0 Å². The lowest BCUT2D eigenvalue weighted by Crippen LogP contribution is -2.32. The smallest absolute Gasteiger partial charge is 0.306 e. The van der Waals surface area contributed by atoms with E-state index in [0.29, 0.717) is 25.7 Å². The van der Waals surface area contributed by atoms with Crippen LogP contribution in [0.2, 0.25) is 0 Å². The van der Waals surface area contributed by atoms with Gasteiger partial charge in [-0.25, -0.2) is 17.5 Å². The summed E-state index contributed by atoms with van der Waals surface area (Å²) in [7, 11) is -3.78. The third-order valence-electron chi connectivity index (χ3n) is 3.75. The first kappa shape index (κ1) is 15.8. The van der Waals surface area contributed by atoms with Crippen LogP contribution in [-0.2, 0) is 14.8 Å². The van der Waals surface area contributed by atoms with Crippen LogP contribution in [0.3, 0.4) is 0 Å². The summed E-state index contributed by atoms with van der Waals surface area (Å²) >= 11 is 0. The summed E-state index contributed by atoms with van der Waals surface area (Å²) < 4.78 is 39.4. The summed E-state index contributed by atoms with van der Waals surface area (Å²) in [4.78, 5) is 14.1. The first-order chi connectivity index (χ1) is 9.88. The Hall–Kier alpha value is -1.54. The monoisotopic (exact) mass is 316 g/mol. The molecule has 8 heteroatoms. The van der Waals surface area contributed by atoms with Gasteiger partial charge in [0.1, 0.15) is 10.7 Å². The topological polar surface area (TPSA) is 96.4 Å². The van der Waals surface area contributed by atoms with Crippen molar-refractivity contribution in [1.82, 2.24) is 9.71 Å². The molecule has 0 aromatic carbocycles. The molecule has 1 aliphatic carbocycles. The largest absolute Gasteiger partial charge is 0.481 e. The van der Waals surface area contributed by atoms with Gasteiger partial charge in [0, 0.05) is 12.7 Å². The van der Waals surface area contributed by atoms with E-state index in [-0.39, 0.29) is 23.3 Å². The zero-order valence-corrected chi connectivity index (χ0v) is 12.1. The van der Waals surface area contributed by atoms with Gasteiger partial charge in [-0.3, -0.25) is 9.78 Å². The van der Waals surface area contributed by atoms with Gasteiger partial charge >= 0.3 is 5.97 Å². The van der Waals surface area contributed by atoms with Crippen LogP contribution in [0.15, 0.2) is 23.4 Å². The average Bonchev–Trinajstić information content (AvgIpc) is 2.45.